The molecule has 0 aromatic heterocycles. The Hall–Kier alpha value is -0.0100. The predicted molar refractivity (Wildman–Crippen MR) is 47.1 cm³/mol. The molecule has 0 radical (unpaired) electrons. The summed E-state index contributed by atoms with van der Waals surface area (Å²) in [5, 5.41) is 0. The molecule has 0 aliphatic rings. The summed E-state index contributed by atoms with van der Waals surface area (Å²) in [7, 11) is 0. The Balaban J connectivity index is 4.15. The van der Waals surface area contributed by atoms with E-state index in [4.69, 9.17) is 11.8 Å². The van der Waals surface area contributed by atoms with Gasteiger partial charge >= 0.3 is 0 Å². The van der Waals surface area contributed by atoms with Crippen molar-refractivity contribution in [3.8, 4) is 0 Å². The summed E-state index contributed by atoms with van der Waals surface area (Å²) in [6.45, 7) is 6.26. The lowest BCUT2D eigenvalue weighted by atomic mass is 9.94. The van der Waals surface area contributed by atoms with Gasteiger partial charge in [0.15, 0.2) is 0 Å². The van der Waals surface area contributed by atoms with E-state index in [0.29, 0.717) is 0 Å². The van der Waals surface area contributed by atoms with Gasteiger partial charge in [0, 0.05) is 0 Å². The van der Waals surface area contributed by atoms with Crippen LogP contribution in [-0.4, -0.2) is 5.54 Å². The summed E-state index contributed by atoms with van der Waals surface area (Å²) in [6, 6.07) is 0. The normalized spacial score (nSPS) is 12.8. The number of nitrogens with one attached hydrogen (secondary N) is 1. The van der Waals surface area contributed by atoms with E-state index in [-0.39, 0.29) is 5.54 Å². The summed E-state index contributed by atoms with van der Waals surface area (Å²) in [6.07, 6.45) is 6.19. The van der Waals surface area contributed by atoms with Crippen molar-refractivity contribution in [3.05, 3.63) is 12.2 Å². The molecule has 0 aromatic rings. The number of hydrogen-bond donors (Lipinski definition) is 1. The average molecular weight is 162 g/mol. The van der Waals surface area contributed by atoms with Gasteiger partial charge in [-0.1, -0.05) is 26.0 Å². The van der Waals surface area contributed by atoms with Crippen LogP contribution in [0.4, 0.5) is 0 Å². The molecule has 0 heterocycles. The van der Waals surface area contributed by atoms with Crippen LogP contribution < -0.4 is 4.84 Å². The monoisotopic (exact) mass is 161 g/mol. The fourth-order valence-corrected chi connectivity index (χ4v) is 1.30. The Kier molecular flexibility index (Phi) is 4.75. The second-order valence-electron chi connectivity index (χ2n) is 2.46. The second-order valence-corrected chi connectivity index (χ2v) is 2.65. The summed E-state index contributed by atoms with van der Waals surface area (Å²) < 4.78 is 0. The van der Waals surface area contributed by atoms with Crippen LogP contribution in [0, 0.1) is 0 Å². The predicted octanol–water partition coefficient (Wildman–Crippen LogP) is 2.86. The first-order valence-electron chi connectivity index (χ1n) is 3.76. The lowest BCUT2D eigenvalue weighted by Crippen LogP contribution is -2.35. The standard InChI is InChI=1S/C8H16ClN/c1-4-7-8(5-2,6-3)10-9/h4,7,10H,5-6H2,1-3H3. The molecule has 0 aliphatic heterocycles. The van der Waals surface area contributed by atoms with Gasteiger partial charge in [-0.2, -0.15) is 0 Å². The minimum atomic E-state index is 0.0102. The van der Waals surface area contributed by atoms with E-state index in [9.17, 15) is 0 Å². The zero-order chi connectivity index (χ0) is 8.04. The zero-order valence-electron chi connectivity index (χ0n) is 6.95. The maximum atomic E-state index is 5.60. The smallest absolute Gasteiger partial charge is 0.0505 e. The molecule has 10 heavy (non-hydrogen) atoms. The number of hydrogen-bond acceptors (Lipinski definition) is 1. The third-order valence-corrected chi connectivity index (χ3v) is 2.31. The SMILES string of the molecule is CC=CC(CC)(CC)NCl. The second kappa shape index (κ2) is 4.75. The van der Waals surface area contributed by atoms with Crippen molar-refractivity contribution < 1.29 is 0 Å². The molecule has 0 rings (SSSR count). The van der Waals surface area contributed by atoms with Crippen LogP contribution in [0.25, 0.3) is 0 Å². The molecule has 60 valence electrons. The molecular weight excluding hydrogens is 146 g/mol. The minimum Gasteiger partial charge on any atom is -0.224 e. The molecule has 0 unspecified atom stereocenters. The number of allylic oxidation sites excluding steroid dienone is 1. The summed E-state index contributed by atoms with van der Waals surface area (Å²) in [5.41, 5.74) is 0.0102. The first-order valence-corrected chi connectivity index (χ1v) is 4.14. The first-order chi connectivity index (χ1) is 4.74. The Labute approximate surface area is 68.6 Å². The fourth-order valence-electron chi connectivity index (χ4n) is 0.970. The van der Waals surface area contributed by atoms with E-state index in [1.807, 2.05) is 13.0 Å². The van der Waals surface area contributed by atoms with E-state index in [1.54, 1.807) is 0 Å². The van der Waals surface area contributed by atoms with Gasteiger partial charge in [0.1, 0.15) is 0 Å². The van der Waals surface area contributed by atoms with E-state index < -0.39 is 0 Å². The molecule has 0 spiro atoms. The van der Waals surface area contributed by atoms with Crippen LogP contribution in [-0.2, 0) is 0 Å². The molecule has 0 fully saturated rings. The van der Waals surface area contributed by atoms with Crippen LogP contribution in [0.3, 0.4) is 0 Å². The Bertz CT molecular complexity index is 97.6. The van der Waals surface area contributed by atoms with Crippen LogP contribution in [0.15, 0.2) is 12.2 Å². The molecule has 0 atom stereocenters. The van der Waals surface area contributed by atoms with Gasteiger partial charge in [-0.3, -0.25) is 0 Å². The highest BCUT2D eigenvalue weighted by atomic mass is 35.5. The Morgan fingerprint density at radius 1 is 1.40 bits per heavy atom. The van der Waals surface area contributed by atoms with Gasteiger partial charge in [0.25, 0.3) is 0 Å². The maximum absolute atomic E-state index is 5.60. The molecule has 2 heteroatoms. The summed E-state index contributed by atoms with van der Waals surface area (Å²) >= 11 is 5.60. The summed E-state index contributed by atoms with van der Waals surface area (Å²) in [4.78, 5) is 2.80. The van der Waals surface area contributed by atoms with Gasteiger partial charge < -0.3 is 0 Å². The van der Waals surface area contributed by atoms with E-state index in [0.717, 1.165) is 12.8 Å². The third-order valence-electron chi connectivity index (χ3n) is 1.94. The van der Waals surface area contributed by atoms with Crippen LogP contribution in [0.1, 0.15) is 33.6 Å². The highest BCUT2D eigenvalue weighted by molar-refractivity contribution is 6.14. The van der Waals surface area contributed by atoms with Crippen LogP contribution in [0.2, 0.25) is 0 Å². The fraction of sp³-hybridized carbons (Fsp3) is 0.750. The molecule has 0 saturated carbocycles. The van der Waals surface area contributed by atoms with Gasteiger partial charge in [0.05, 0.1) is 5.54 Å². The Morgan fingerprint density at radius 3 is 2.00 bits per heavy atom. The van der Waals surface area contributed by atoms with Gasteiger partial charge in [0.2, 0.25) is 0 Å². The molecular formula is C8H16ClN. The molecule has 0 saturated heterocycles. The molecule has 1 nitrogen and oxygen atoms in total. The zero-order valence-corrected chi connectivity index (χ0v) is 7.70. The van der Waals surface area contributed by atoms with Crippen molar-refractivity contribution in [2.24, 2.45) is 0 Å². The summed E-state index contributed by atoms with van der Waals surface area (Å²) in [5.74, 6) is 0. The van der Waals surface area contributed by atoms with Crippen molar-refractivity contribution >= 4 is 11.8 Å². The van der Waals surface area contributed by atoms with Crippen LogP contribution >= 0.6 is 11.8 Å². The quantitative estimate of drug-likeness (QED) is 0.494. The van der Waals surface area contributed by atoms with Crippen molar-refractivity contribution in [1.29, 1.82) is 0 Å². The minimum absolute atomic E-state index is 0.0102. The number of rotatable bonds is 4. The van der Waals surface area contributed by atoms with Crippen molar-refractivity contribution in [2.75, 3.05) is 0 Å². The highest BCUT2D eigenvalue weighted by Crippen LogP contribution is 2.17. The third kappa shape index (κ3) is 2.31. The molecule has 0 aliphatic carbocycles. The van der Waals surface area contributed by atoms with Crippen LogP contribution in [0.5, 0.6) is 0 Å². The molecule has 1 N–H and O–H groups in total. The lowest BCUT2D eigenvalue weighted by Gasteiger charge is -2.25. The largest absolute Gasteiger partial charge is 0.224 e. The maximum Gasteiger partial charge on any atom is 0.0505 e. The van der Waals surface area contributed by atoms with Gasteiger partial charge in [-0.05, 0) is 31.5 Å². The average Bonchev–Trinajstić information content (AvgIpc) is 2.01. The van der Waals surface area contributed by atoms with E-state index in [2.05, 4.69) is 24.8 Å². The van der Waals surface area contributed by atoms with E-state index >= 15 is 0 Å². The van der Waals surface area contributed by atoms with Crippen molar-refractivity contribution in [1.82, 2.24) is 4.84 Å². The van der Waals surface area contributed by atoms with E-state index in [1.165, 1.54) is 0 Å². The van der Waals surface area contributed by atoms with Crippen molar-refractivity contribution in [3.63, 3.8) is 0 Å². The molecule has 0 amide bonds. The molecule has 0 bridgehead atoms. The lowest BCUT2D eigenvalue weighted by molar-refractivity contribution is 0.453. The van der Waals surface area contributed by atoms with Crippen molar-refractivity contribution in [2.45, 2.75) is 39.2 Å². The topological polar surface area (TPSA) is 12.0 Å². The van der Waals surface area contributed by atoms with Gasteiger partial charge in [-0.25, -0.2) is 4.84 Å². The van der Waals surface area contributed by atoms with Gasteiger partial charge in [-0.15, -0.1) is 0 Å². The number of halogens is 1. The first kappa shape index (κ1) is 9.99. The molecule has 0 aromatic carbocycles. The highest BCUT2D eigenvalue weighted by Gasteiger charge is 2.19. The Morgan fingerprint density at radius 2 is 1.90 bits per heavy atom.